The van der Waals surface area contributed by atoms with Crippen LogP contribution >= 0.6 is 0 Å². The molecule has 0 radical (unpaired) electrons. The van der Waals surface area contributed by atoms with Crippen LogP contribution in [0.5, 0.6) is 0 Å². The van der Waals surface area contributed by atoms with E-state index in [4.69, 9.17) is 4.42 Å². The Morgan fingerprint density at radius 1 is 1.24 bits per heavy atom. The van der Waals surface area contributed by atoms with E-state index in [0.717, 1.165) is 5.56 Å². The number of hydrogen-bond donors (Lipinski definition) is 1. The molecule has 0 saturated carbocycles. The third kappa shape index (κ3) is 4.43. The molecule has 134 valence electrons. The summed E-state index contributed by atoms with van der Waals surface area (Å²) in [6, 6.07) is 9.39. The van der Waals surface area contributed by atoms with Crippen LogP contribution < -0.4 is 5.32 Å². The fraction of sp³-hybridized carbons (Fsp3) is 0.438. The van der Waals surface area contributed by atoms with Crippen molar-refractivity contribution in [1.82, 2.24) is 19.8 Å². The number of sulfonamides is 1. The summed E-state index contributed by atoms with van der Waals surface area (Å²) in [4.78, 5) is 12.2. The molecule has 1 amide bonds. The summed E-state index contributed by atoms with van der Waals surface area (Å²) in [5.74, 6) is 0.425. The monoisotopic (exact) mass is 364 g/mol. The van der Waals surface area contributed by atoms with Crippen LogP contribution in [0.4, 0.5) is 0 Å². The standard InChI is InChI=1S/C16H20N4O4S/c1-25(22,23)20-9-7-12(8-10-20)15(21)17-11-14-18-19-16(24-14)13-5-3-2-4-6-13/h2-6,12H,7-11H2,1H3,(H,17,21). The molecule has 1 aromatic carbocycles. The lowest BCUT2D eigenvalue weighted by Crippen LogP contribution is -2.42. The molecular weight excluding hydrogens is 344 g/mol. The first-order chi connectivity index (χ1) is 11.9. The van der Waals surface area contributed by atoms with E-state index < -0.39 is 10.0 Å². The number of carbonyl (C=O) groups excluding carboxylic acids is 1. The second kappa shape index (κ2) is 7.32. The largest absolute Gasteiger partial charge is 0.419 e. The van der Waals surface area contributed by atoms with Gasteiger partial charge in [-0.2, -0.15) is 0 Å². The number of piperidine rings is 1. The van der Waals surface area contributed by atoms with E-state index in [0.29, 0.717) is 37.7 Å². The molecule has 1 saturated heterocycles. The molecule has 9 heteroatoms. The Morgan fingerprint density at radius 3 is 2.56 bits per heavy atom. The van der Waals surface area contributed by atoms with Crippen molar-refractivity contribution in [3.05, 3.63) is 36.2 Å². The van der Waals surface area contributed by atoms with Gasteiger partial charge >= 0.3 is 0 Å². The number of nitrogens with one attached hydrogen (secondary N) is 1. The van der Waals surface area contributed by atoms with Crippen LogP contribution in [-0.2, 0) is 21.4 Å². The maximum Gasteiger partial charge on any atom is 0.247 e. The summed E-state index contributed by atoms with van der Waals surface area (Å²) in [7, 11) is -3.19. The van der Waals surface area contributed by atoms with E-state index in [2.05, 4.69) is 15.5 Å². The van der Waals surface area contributed by atoms with Gasteiger partial charge in [0, 0.05) is 24.6 Å². The highest BCUT2D eigenvalue weighted by atomic mass is 32.2. The Labute approximate surface area is 146 Å². The van der Waals surface area contributed by atoms with Gasteiger partial charge in [0.2, 0.25) is 27.7 Å². The molecule has 0 bridgehead atoms. The van der Waals surface area contributed by atoms with Crippen molar-refractivity contribution in [2.45, 2.75) is 19.4 Å². The smallest absolute Gasteiger partial charge is 0.247 e. The zero-order chi connectivity index (χ0) is 17.9. The number of benzene rings is 1. The van der Waals surface area contributed by atoms with Crippen LogP contribution in [-0.4, -0.2) is 48.2 Å². The molecule has 1 aromatic heterocycles. The third-order valence-electron chi connectivity index (χ3n) is 4.20. The van der Waals surface area contributed by atoms with Crippen LogP contribution in [0.1, 0.15) is 18.7 Å². The normalized spacial score (nSPS) is 16.7. The van der Waals surface area contributed by atoms with Crippen LogP contribution in [0.15, 0.2) is 34.7 Å². The van der Waals surface area contributed by atoms with Gasteiger partial charge in [-0.3, -0.25) is 4.79 Å². The van der Waals surface area contributed by atoms with Crippen molar-refractivity contribution in [3.63, 3.8) is 0 Å². The van der Waals surface area contributed by atoms with Crippen molar-refractivity contribution in [1.29, 1.82) is 0 Å². The Bertz CT molecular complexity index is 827. The first-order valence-electron chi connectivity index (χ1n) is 8.04. The number of carbonyl (C=O) groups is 1. The van der Waals surface area contributed by atoms with Gasteiger partial charge in [0.05, 0.1) is 12.8 Å². The average Bonchev–Trinajstić information content (AvgIpc) is 3.09. The summed E-state index contributed by atoms with van der Waals surface area (Å²) in [6.45, 7) is 0.899. The first kappa shape index (κ1) is 17.6. The molecular formula is C16H20N4O4S. The van der Waals surface area contributed by atoms with Gasteiger partial charge < -0.3 is 9.73 Å². The number of rotatable bonds is 5. The number of hydrogen-bond acceptors (Lipinski definition) is 6. The molecule has 1 aliphatic rings. The van der Waals surface area contributed by atoms with Crippen molar-refractivity contribution in [2.75, 3.05) is 19.3 Å². The summed E-state index contributed by atoms with van der Waals surface area (Å²) in [5.41, 5.74) is 0.820. The summed E-state index contributed by atoms with van der Waals surface area (Å²) < 4.78 is 29.9. The summed E-state index contributed by atoms with van der Waals surface area (Å²) in [5, 5.41) is 10.7. The quantitative estimate of drug-likeness (QED) is 0.849. The van der Waals surface area contributed by atoms with E-state index in [-0.39, 0.29) is 18.4 Å². The van der Waals surface area contributed by atoms with Crippen molar-refractivity contribution >= 4 is 15.9 Å². The maximum absolute atomic E-state index is 12.2. The summed E-state index contributed by atoms with van der Waals surface area (Å²) in [6.07, 6.45) is 2.21. The van der Waals surface area contributed by atoms with E-state index in [1.165, 1.54) is 10.6 Å². The van der Waals surface area contributed by atoms with Gasteiger partial charge in [-0.05, 0) is 25.0 Å². The van der Waals surface area contributed by atoms with Crippen molar-refractivity contribution in [2.24, 2.45) is 5.92 Å². The van der Waals surface area contributed by atoms with Crippen molar-refractivity contribution in [3.8, 4) is 11.5 Å². The fourth-order valence-corrected chi connectivity index (χ4v) is 3.65. The molecule has 0 atom stereocenters. The second-order valence-corrected chi connectivity index (χ2v) is 8.00. The second-order valence-electron chi connectivity index (χ2n) is 6.02. The van der Waals surface area contributed by atoms with Gasteiger partial charge in [-0.1, -0.05) is 18.2 Å². The fourth-order valence-electron chi connectivity index (χ4n) is 2.78. The molecule has 25 heavy (non-hydrogen) atoms. The van der Waals surface area contributed by atoms with Gasteiger partial charge in [0.15, 0.2) is 0 Å². The maximum atomic E-state index is 12.2. The van der Waals surface area contributed by atoms with Crippen LogP contribution in [0, 0.1) is 5.92 Å². The van der Waals surface area contributed by atoms with Crippen molar-refractivity contribution < 1.29 is 17.6 Å². The molecule has 1 aliphatic heterocycles. The molecule has 1 N–H and O–H groups in total. The molecule has 0 spiro atoms. The van der Waals surface area contributed by atoms with Crippen LogP contribution in [0.2, 0.25) is 0 Å². The van der Waals surface area contributed by atoms with Gasteiger partial charge in [0.1, 0.15) is 0 Å². The third-order valence-corrected chi connectivity index (χ3v) is 5.50. The Kier molecular flexibility index (Phi) is 5.14. The summed E-state index contributed by atoms with van der Waals surface area (Å²) >= 11 is 0. The molecule has 0 aliphatic carbocycles. The lowest BCUT2D eigenvalue weighted by atomic mass is 9.97. The topological polar surface area (TPSA) is 105 Å². The lowest BCUT2D eigenvalue weighted by Gasteiger charge is -2.29. The lowest BCUT2D eigenvalue weighted by molar-refractivity contribution is -0.126. The SMILES string of the molecule is CS(=O)(=O)N1CCC(C(=O)NCc2nnc(-c3ccccc3)o2)CC1. The van der Waals surface area contributed by atoms with Crippen LogP contribution in [0.25, 0.3) is 11.5 Å². The zero-order valence-corrected chi connectivity index (χ0v) is 14.7. The van der Waals surface area contributed by atoms with E-state index >= 15 is 0 Å². The van der Waals surface area contributed by atoms with Gasteiger partial charge in [-0.15, -0.1) is 10.2 Å². The molecule has 0 unspecified atom stereocenters. The van der Waals surface area contributed by atoms with Gasteiger partial charge in [-0.25, -0.2) is 12.7 Å². The molecule has 8 nitrogen and oxygen atoms in total. The van der Waals surface area contributed by atoms with E-state index in [9.17, 15) is 13.2 Å². The number of amides is 1. The molecule has 2 heterocycles. The average molecular weight is 364 g/mol. The predicted octanol–water partition coefficient (Wildman–Crippen LogP) is 1.02. The minimum Gasteiger partial charge on any atom is -0.419 e. The Balaban J connectivity index is 1.51. The number of nitrogens with zero attached hydrogens (tertiary/aromatic N) is 3. The molecule has 1 fully saturated rings. The first-order valence-corrected chi connectivity index (χ1v) is 9.89. The van der Waals surface area contributed by atoms with Gasteiger partial charge in [0.25, 0.3) is 0 Å². The predicted molar refractivity (Wildman–Crippen MR) is 90.7 cm³/mol. The number of aromatic nitrogens is 2. The Hall–Kier alpha value is -2.26. The van der Waals surface area contributed by atoms with E-state index in [1.54, 1.807) is 0 Å². The van der Waals surface area contributed by atoms with E-state index in [1.807, 2.05) is 30.3 Å². The zero-order valence-electron chi connectivity index (χ0n) is 13.9. The highest BCUT2D eigenvalue weighted by Crippen LogP contribution is 2.20. The molecule has 3 rings (SSSR count). The highest BCUT2D eigenvalue weighted by Gasteiger charge is 2.28. The van der Waals surface area contributed by atoms with Crippen LogP contribution in [0.3, 0.4) is 0 Å². The Morgan fingerprint density at radius 2 is 1.92 bits per heavy atom. The molecule has 2 aromatic rings. The minimum atomic E-state index is -3.19. The minimum absolute atomic E-state index is 0.118. The highest BCUT2D eigenvalue weighted by molar-refractivity contribution is 7.88.